The van der Waals surface area contributed by atoms with E-state index in [-0.39, 0.29) is 11.6 Å². The molecular formula is C13H16O2. The first kappa shape index (κ1) is 13.3. The van der Waals surface area contributed by atoms with Crippen LogP contribution in [0.25, 0.3) is 0 Å². The smallest absolute Gasteiger partial charge is 0.163 e. The Morgan fingerprint density at radius 2 is 1.87 bits per heavy atom. The van der Waals surface area contributed by atoms with Gasteiger partial charge in [-0.15, -0.1) is 5.73 Å². The number of carbonyl (C=O) groups is 2. The molecule has 0 saturated heterocycles. The quantitative estimate of drug-likeness (QED) is 0.392. The summed E-state index contributed by atoms with van der Waals surface area (Å²) >= 11 is 0. The van der Waals surface area contributed by atoms with Crippen LogP contribution in [0, 0.1) is 0 Å². The molecule has 0 aromatic rings. The van der Waals surface area contributed by atoms with E-state index in [2.05, 4.69) is 12.3 Å². The molecule has 0 aliphatic rings. The van der Waals surface area contributed by atoms with Gasteiger partial charge in [-0.2, -0.15) is 0 Å². The monoisotopic (exact) mass is 204 g/mol. The van der Waals surface area contributed by atoms with Crippen molar-refractivity contribution < 1.29 is 9.59 Å². The Kier molecular flexibility index (Phi) is 6.00. The largest absolute Gasteiger partial charge is 0.295 e. The zero-order chi connectivity index (χ0) is 11.8. The first-order chi connectivity index (χ1) is 7.02. The molecule has 0 rings (SSSR count). The normalized spacial score (nSPS) is 10.2. The van der Waals surface area contributed by atoms with Crippen molar-refractivity contribution >= 4 is 11.6 Å². The maximum atomic E-state index is 11.0. The number of rotatable bonds is 5. The second kappa shape index (κ2) is 6.74. The van der Waals surface area contributed by atoms with Crippen molar-refractivity contribution in [1.82, 2.24) is 0 Å². The van der Waals surface area contributed by atoms with E-state index in [1.807, 2.05) is 6.92 Å². The van der Waals surface area contributed by atoms with Crippen LogP contribution in [0.5, 0.6) is 0 Å². The highest BCUT2D eigenvalue weighted by molar-refractivity contribution is 5.96. The Morgan fingerprint density at radius 1 is 1.27 bits per heavy atom. The third-order valence-corrected chi connectivity index (χ3v) is 1.93. The van der Waals surface area contributed by atoms with Crippen molar-refractivity contribution in [2.24, 2.45) is 0 Å². The van der Waals surface area contributed by atoms with Gasteiger partial charge in [0.05, 0.1) is 0 Å². The van der Waals surface area contributed by atoms with Crippen molar-refractivity contribution in [3.63, 3.8) is 0 Å². The third kappa shape index (κ3) is 4.94. The molecule has 0 aromatic heterocycles. The Balaban J connectivity index is 5.00. The molecule has 80 valence electrons. The van der Waals surface area contributed by atoms with Crippen LogP contribution in [0.2, 0.25) is 0 Å². The molecule has 0 heterocycles. The van der Waals surface area contributed by atoms with Crippen LogP contribution in [0.15, 0.2) is 41.7 Å². The molecule has 0 spiro atoms. The van der Waals surface area contributed by atoms with Crippen molar-refractivity contribution in [2.75, 3.05) is 0 Å². The van der Waals surface area contributed by atoms with Crippen LogP contribution in [0.1, 0.15) is 27.2 Å². The van der Waals surface area contributed by atoms with E-state index in [4.69, 9.17) is 0 Å². The Labute approximate surface area is 90.7 Å². The molecule has 0 saturated carbocycles. The van der Waals surface area contributed by atoms with E-state index in [1.54, 1.807) is 12.2 Å². The van der Waals surface area contributed by atoms with Crippen molar-refractivity contribution in [2.45, 2.75) is 27.2 Å². The molecule has 0 aromatic carbocycles. The minimum absolute atomic E-state index is 0.00475. The first-order valence-corrected chi connectivity index (χ1v) is 4.83. The summed E-state index contributed by atoms with van der Waals surface area (Å²) in [4.78, 5) is 22.0. The number of hydrogen-bond donors (Lipinski definition) is 0. The molecule has 15 heavy (non-hydrogen) atoms. The summed E-state index contributed by atoms with van der Waals surface area (Å²) in [5.41, 5.74) is 3.99. The fourth-order valence-corrected chi connectivity index (χ4v) is 1.01. The minimum atomic E-state index is -0.0519. The second-order valence-electron chi connectivity index (χ2n) is 3.08. The van der Waals surface area contributed by atoms with Gasteiger partial charge in [-0.1, -0.05) is 19.6 Å². The average Bonchev–Trinajstić information content (AvgIpc) is 2.17. The highest BCUT2D eigenvalue weighted by atomic mass is 16.1. The Morgan fingerprint density at radius 3 is 2.20 bits per heavy atom. The van der Waals surface area contributed by atoms with Crippen LogP contribution < -0.4 is 0 Å². The molecule has 0 N–H and O–H groups in total. The van der Waals surface area contributed by atoms with Gasteiger partial charge in [0.25, 0.3) is 0 Å². The molecule has 0 fully saturated rings. The lowest BCUT2D eigenvalue weighted by Gasteiger charge is -1.92. The molecule has 2 heteroatoms. The predicted octanol–water partition coefficient (Wildman–Crippen LogP) is 2.77. The number of Topliss-reactive ketones (excluding diaryl/α,β-unsaturated/α-hetero) is 2. The van der Waals surface area contributed by atoms with E-state index in [1.165, 1.54) is 19.9 Å². The zero-order valence-corrected chi connectivity index (χ0v) is 9.46. The molecular weight excluding hydrogens is 188 g/mol. The fourth-order valence-electron chi connectivity index (χ4n) is 1.01. The van der Waals surface area contributed by atoms with E-state index < -0.39 is 0 Å². The maximum absolute atomic E-state index is 11.0. The van der Waals surface area contributed by atoms with Crippen LogP contribution in [-0.2, 0) is 9.59 Å². The van der Waals surface area contributed by atoms with Gasteiger partial charge in [0.2, 0.25) is 0 Å². The van der Waals surface area contributed by atoms with E-state index >= 15 is 0 Å². The number of ketones is 2. The van der Waals surface area contributed by atoms with Crippen LogP contribution >= 0.6 is 0 Å². The summed E-state index contributed by atoms with van der Waals surface area (Å²) in [6.45, 7) is 8.39. The number of carbonyl (C=O) groups excluding carboxylic acids is 2. The second-order valence-corrected chi connectivity index (χ2v) is 3.08. The van der Waals surface area contributed by atoms with Crippen molar-refractivity contribution in [1.29, 1.82) is 0 Å². The molecule has 0 bridgehead atoms. The fraction of sp³-hybridized carbons (Fsp3) is 0.308. The van der Waals surface area contributed by atoms with E-state index in [0.717, 1.165) is 0 Å². The summed E-state index contributed by atoms with van der Waals surface area (Å²) in [6.07, 6.45) is 5.32. The summed E-state index contributed by atoms with van der Waals surface area (Å²) < 4.78 is 0. The van der Waals surface area contributed by atoms with Gasteiger partial charge in [0.1, 0.15) is 0 Å². The highest BCUT2D eigenvalue weighted by Crippen LogP contribution is 2.01. The molecule has 0 unspecified atom stereocenters. The maximum Gasteiger partial charge on any atom is 0.163 e. The van der Waals surface area contributed by atoms with Gasteiger partial charge < -0.3 is 0 Å². The van der Waals surface area contributed by atoms with Gasteiger partial charge in [0.15, 0.2) is 11.6 Å². The van der Waals surface area contributed by atoms with Crippen LogP contribution in [0.3, 0.4) is 0 Å². The van der Waals surface area contributed by atoms with Gasteiger partial charge in [0, 0.05) is 11.1 Å². The zero-order valence-electron chi connectivity index (χ0n) is 9.46. The topological polar surface area (TPSA) is 34.1 Å². The van der Waals surface area contributed by atoms with Crippen molar-refractivity contribution in [3.8, 4) is 0 Å². The summed E-state index contributed by atoms with van der Waals surface area (Å²) in [6, 6.07) is 0. The van der Waals surface area contributed by atoms with E-state index in [0.29, 0.717) is 17.6 Å². The Hall–Kier alpha value is -1.66. The minimum Gasteiger partial charge on any atom is -0.295 e. The summed E-state index contributed by atoms with van der Waals surface area (Å²) in [5.74, 6) is -0.0472. The van der Waals surface area contributed by atoms with Gasteiger partial charge >= 0.3 is 0 Å². The number of hydrogen-bond acceptors (Lipinski definition) is 2. The van der Waals surface area contributed by atoms with Gasteiger partial charge in [-0.3, -0.25) is 9.59 Å². The lowest BCUT2D eigenvalue weighted by Crippen LogP contribution is -1.93. The van der Waals surface area contributed by atoms with Crippen LogP contribution in [0.4, 0.5) is 0 Å². The standard InChI is InChI=1S/C13H16O2/c1-5-12(10(3)14)8-7-9-13(6-2)11(4)15/h5,7-8H,1,6H2,2-4H3/b12-8+. The predicted molar refractivity (Wildman–Crippen MR) is 61.5 cm³/mol. The van der Waals surface area contributed by atoms with Crippen LogP contribution in [-0.4, -0.2) is 11.6 Å². The average molecular weight is 204 g/mol. The lowest BCUT2D eigenvalue weighted by atomic mass is 10.1. The van der Waals surface area contributed by atoms with Gasteiger partial charge in [-0.05, 0) is 32.4 Å². The SMILES string of the molecule is C=C/C(=C\C=C=C(CC)C(C)=O)C(C)=O. The first-order valence-electron chi connectivity index (χ1n) is 4.83. The van der Waals surface area contributed by atoms with E-state index in [9.17, 15) is 9.59 Å². The Bertz CT molecular complexity index is 364. The molecule has 2 nitrogen and oxygen atoms in total. The third-order valence-electron chi connectivity index (χ3n) is 1.93. The number of allylic oxidation sites excluding steroid dienone is 4. The molecule has 0 atom stereocenters. The molecule has 0 aliphatic carbocycles. The molecule has 0 aliphatic heterocycles. The molecule has 0 radical (unpaired) electrons. The van der Waals surface area contributed by atoms with Gasteiger partial charge in [-0.25, -0.2) is 0 Å². The van der Waals surface area contributed by atoms with Crippen molar-refractivity contribution in [3.05, 3.63) is 41.7 Å². The summed E-state index contributed by atoms with van der Waals surface area (Å²) in [7, 11) is 0. The summed E-state index contributed by atoms with van der Waals surface area (Å²) in [5, 5.41) is 0. The lowest BCUT2D eigenvalue weighted by molar-refractivity contribution is -0.114. The highest BCUT2D eigenvalue weighted by Gasteiger charge is 1.97. The molecule has 0 amide bonds.